The van der Waals surface area contributed by atoms with Crippen molar-refractivity contribution in [2.75, 3.05) is 6.61 Å². The highest BCUT2D eigenvalue weighted by Gasteiger charge is 2.02. The van der Waals surface area contributed by atoms with Crippen LogP contribution in [0.5, 0.6) is 11.5 Å². The molecular weight excluding hydrogens is 348 g/mol. The van der Waals surface area contributed by atoms with E-state index in [0.717, 1.165) is 10.0 Å². The fourth-order valence-electron chi connectivity index (χ4n) is 1.62. The lowest BCUT2D eigenvalue weighted by molar-refractivity contribution is -0.123. The molecule has 22 heavy (non-hydrogen) atoms. The molecule has 0 heterocycles. The summed E-state index contributed by atoms with van der Waals surface area (Å²) < 4.78 is 6.13. The smallest absolute Gasteiger partial charge is 0.277 e. The molecule has 0 radical (unpaired) electrons. The molecule has 0 saturated heterocycles. The van der Waals surface area contributed by atoms with Gasteiger partial charge in [-0.1, -0.05) is 33.6 Å². The molecule has 0 atom stereocenters. The Morgan fingerprint density at radius 3 is 2.77 bits per heavy atom. The molecule has 2 aromatic rings. The number of nitrogens with zero attached hydrogens (tertiary/aromatic N) is 1. The van der Waals surface area contributed by atoms with Gasteiger partial charge in [-0.05, 0) is 37.3 Å². The third-order valence-corrected chi connectivity index (χ3v) is 3.27. The maximum absolute atomic E-state index is 11.6. The summed E-state index contributed by atoms with van der Waals surface area (Å²) in [4.78, 5) is 11.6. The third-order valence-electron chi connectivity index (χ3n) is 2.77. The lowest BCUT2D eigenvalue weighted by Crippen LogP contribution is -2.24. The van der Waals surface area contributed by atoms with Gasteiger partial charge in [0.2, 0.25) is 0 Å². The van der Waals surface area contributed by atoms with Crippen molar-refractivity contribution in [1.82, 2.24) is 5.43 Å². The molecule has 5 nitrogen and oxygen atoms in total. The molecule has 1 amide bonds. The number of hydrogen-bond acceptors (Lipinski definition) is 4. The maximum atomic E-state index is 11.6. The number of rotatable bonds is 5. The third kappa shape index (κ3) is 4.89. The Morgan fingerprint density at radius 1 is 1.32 bits per heavy atom. The van der Waals surface area contributed by atoms with E-state index in [1.165, 1.54) is 12.3 Å². The Hall–Kier alpha value is -2.34. The summed E-state index contributed by atoms with van der Waals surface area (Å²) in [7, 11) is 0. The van der Waals surface area contributed by atoms with E-state index >= 15 is 0 Å². The Bertz CT molecular complexity index is 684. The zero-order chi connectivity index (χ0) is 15.9. The van der Waals surface area contributed by atoms with Crippen LogP contribution in [0.2, 0.25) is 0 Å². The first-order chi connectivity index (χ1) is 10.5. The van der Waals surface area contributed by atoms with Crippen molar-refractivity contribution >= 4 is 28.1 Å². The second kappa shape index (κ2) is 7.61. The molecule has 0 aromatic heterocycles. The van der Waals surface area contributed by atoms with Crippen molar-refractivity contribution in [3.05, 3.63) is 58.1 Å². The molecule has 2 rings (SSSR count). The van der Waals surface area contributed by atoms with Gasteiger partial charge in [-0.3, -0.25) is 4.79 Å². The van der Waals surface area contributed by atoms with Gasteiger partial charge in [0.05, 0.1) is 6.21 Å². The summed E-state index contributed by atoms with van der Waals surface area (Å²) in [5.74, 6) is 0.317. The van der Waals surface area contributed by atoms with E-state index in [0.29, 0.717) is 11.3 Å². The average Bonchev–Trinajstić information content (AvgIpc) is 2.50. The first kappa shape index (κ1) is 16.0. The number of phenolic OH excluding ortho intramolecular Hbond substituents is 1. The predicted octanol–water partition coefficient (Wildman–Crippen LogP) is 2.99. The second-order valence-electron chi connectivity index (χ2n) is 4.60. The summed E-state index contributed by atoms with van der Waals surface area (Å²) in [6.45, 7) is 1.84. The number of carbonyl (C=O) groups is 1. The first-order valence-electron chi connectivity index (χ1n) is 6.54. The number of nitrogens with one attached hydrogen (secondary N) is 1. The largest absolute Gasteiger partial charge is 0.507 e. The van der Waals surface area contributed by atoms with Gasteiger partial charge in [-0.15, -0.1) is 0 Å². The summed E-state index contributed by atoms with van der Waals surface area (Å²) in [6.07, 6.45) is 1.36. The fourth-order valence-corrected chi connectivity index (χ4v) is 2.00. The quantitative estimate of drug-likeness (QED) is 0.634. The van der Waals surface area contributed by atoms with E-state index < -0.39 is 0 Å². The van der Waals surface area contributed by atoms with Crippen molar-refractivity contribution in [3.8, 4) is 11.5 Å². The normalized spacial score (nSPS) is 10.6. The molecule has 0 aliphatic heterocycles. The van der Waals surface area contributed by atoms with Gasteiger partial charge < -0.3 is 9.84 Å². The van der Waals surface area contributed by atoms with Gasteiger partial charge >= 0.3 is 0 Å². The Kier molecular flexibility index (Phi) is 5.55. The Morgan fingerprint density at radius 2 is 2.05 bits per heavy atom. The number of ether oxygens (including phenoxy) is 1. The fraction of sp³-hybridized carbons (Fsp3) is 0.125. The van der Waals surface area contributed by atoms with Crippen molar-refractivity contribution < 1.29 is 14.6 Å². The second-order valence-corrected chi connectivity index (χ2v) is 5.51. The summed E-state index contributed by atoms with van der Waals surface area (Å²) in [6, 6.07) is 12.3. The first-order valence-corrected chi connectivity index (χ1v) is 7.34. The molecule has 2 N–H and O–H groups in total. The number of amides is 1. The van der Waals surface area contributed by atoms with Crippen molar-refractivity contribution in [1.29, 1.82) is 0 Å². The molecule has 0 bridgehead atoms. The van der Waals surface area contributed by atoms with Gasteiger partial charge in [-0.25, -0.2) is 5.43 Å². The zero-order valence-electron chi connectivity index (χ0n) is 11.9. The molecule has 0 spiro atoms. The van der Waals surface area contributed by atoms with E-state index in [1.54, 1.807) is 24.3 Å². The number of carbonyl (C=O) groups excluding carboxylic acids is 1. The lowest BCUT2D eigenvalue weighted by Gasteiger charge is -2.05. The Labute approximate surface area is 136 Å². The minimum Gasteiger partial charge on any atom is -0.507 e. The van der Waals surface area contributed by atoms with E-state index in [4.69, 9.17) is 4.74 Å². The molecule has 0 saturated carbocycles. The highest BCUT2D eigenvalue weighted by Crippen LogP contribution is 2.19. The topological polar surface area (TPSA) is 70.9 Å². The number of hydrazone groups is 1. The number of benzene rings is 2. The molecule has 0 fully saturated rings. The lowest BCUT2D eigenvalue weighted by atomic mass is 10.2. The maximum Gasteiger partial charge on any atom is 0.277 e. The van der Waals surface area contributed by atoms with Crippen LogP contribution >= 0.6 is 15.9 Å². The van der Waals surface area contributed by atoms with Crippen LogP contribution < -0.4 is 10.2 Å². The number of aromatic hydroxyl groups is 1. The minimum atomic E-state index is -0.383. The molecule has 0 aliphatic rings. The minimum absolute atomic E-state index is 0.0807. The van der Waals surface area contributed by atoms with Crippen LogP contribution in [0.3, 0.4) is 0 Å². The molecular formula is C16H15BrN2O3. The molecule has 0 aliphatic carbocycles. The van der Waals surface area contributed by atoms with E-state index in [2.05, 4.69) is 26.5 Å². The number of halogens is 1. The van der Waals surface area contributed by atoms with Crippen molar-refractivity contribution in [2.45, 2.75) is 6.92 Å². The van der Waals surface area contributed by atoms with Crippen LogP contribution in [0.1, 0.15) is 11.1 Å². The zero-order valence-corrected chi connectivity index (χ0v) is 13.5. The van der Waals surface area contributed by atoms with Crippen LogP contribution in [-0.4, -0.2) is 23.8 Å². The number of phenols is 1. The Balaban J connectivity index is 1.83. The molecule has 2 aromatic carbocycles. The SMILES string of the molecule is Cc1ccc(OCC(=O)N/N=C\c2cc(Br)ccc2O)cc1. The molecule has 6 heteroatoms. The van der Waals surface area contributed by atoms with E-state index in [1.807, 2.05) is 19.1 Å². The standard InChI is InChI=1S/C16H15BrN2O3/c1-11-2-5-14(6-3-11)22-10-16(21)19-18-9-12-8-13(17)4-7-15(12)20/h2-9,20H,10H2,1H3,(H,19,21)/b18-9-. The van der Waals surface area contributed by atoms with Crippen LogP contribution in [0.4, 0.5) is 0 Å². The monoisotopic (exact) mass is 362 g/mol. The van der Waals surface area contributed by atoms with E-state index in [9.17, 15) is 9.90 Å². The van der Waals surface area contributed by atoms with Gasteiger partial charge in [0.25, 0.3) is 5.91 Å². The van der Waals surface area contributed by atoms with Gasteiger partial charge in [-0.2, -0.15) is 5.10 Å². The van der Waals surface area contributed by atoms with Gasteiger partial charge in [0.1, 0.15) is 11.5 Å². The summed E-state index contributed by atoms with van der Waals surface area (Å²) in [5.41, 5.74) is 3.95. The van der Waals surface area contributed by atoms with E-state index in [-0.39, 0.29) is 18.3 Å². The van der Waals surface area contributed by atoms with Gasteiger partial charge in [0.15, 0.2) is 6.61 Å². The molecule has 0 unspecified atom stereocenters. The number of aryl methyl sites for hydroxylation is 1. The summed E-state index contributed by atoms with van der Waals surface area (Å²) >= 11 is 3.29. The number of hydrogen-bond donors (Lipinski definition) is 2. The average molecular weight is 363 g/mol. The van der Waals surface area contributed by atoms with Crippen LogP contribution in [-0.2, 0) is 4.79 Å². The van der Waals surface area contributed by atoms with Crippen LogP contribution in [0.25, 0.3) is 0 Å². The van der Waals surface area contributed by atoms with Crippen LogP contribution in [0.15, 0.2) is 52.0 Å². The highest BCUT2D eigenvalue weighted by molar-refractivity contribution is 9.10. The van der Waals surface area contributed by atoms with Crippen molar-refractivity contribution in [3.63, 3.8) is 0 Å². The van der Waals surface area contributed by atoms with Crippen molar-refractivity contribution in [2.24, 2.45) is 5.10 Å². The summed E-state index contributed by atoms with van der Waals surface area (Å²) in [5, 5.41) is 13.4. The highest BCUT2D eigenvalue weighted by atomic mass is 79.9. The van der Waals surface area contributed by atoms with Crippen LogP contribution in [0, 0.1) is 6.92 Å². The molecule has 114 valence electrons. The predicted molar refractivity (Wildman–Crippen MR) is 88.2 cm³/mol. The van der Waals surface area contributed by atoms with Gasteiger partial charge in [0, 0.05) is 10.0 Å².